The van der Waals surface area contributed by atoms with Gasteiger partial charge in [0.2, 0.25) is 11.8 Å². The Labute approximate surface area is 350 Å². The van der Waals surface area contributed by atoms with Gasteiger partial charge in [0.1, 0.15) is 17.9 Å². The van der Waals surface area contributed by atoms with Crippen LogP contribution in [0.1, 0.15) is 71.1 Å². The number of hydrogen-bond acceptors (Lipinski definition) is 7. The number of aromatic amines is 1. The number of urea groups is 1. The normalized spacial score (nSPS) is 19.2. The van der Waals surface area contributed by atoms with Gasteiger partial charge in [0.15, 0.2) is 0 Å². The third kappa shape index (κ3) is 8.97. The number of nitrogens with one attached hydrogen (secondary N) is 3. The minimum absolute atomic E-state index is 0.0990. The van der Waals surface area contributed by atoms with Gasteiger partial charge in [-0.15, -0.1) is 0 Å². The van der Waals surface area contributed by atoms with E-state index in [0.29, 0.717) is 44.1 Å². The molecule has 0 saturated carbocycles. The first-order valence-corrected chi connectivity index (χ1v) is 21.0. The minimum atomic E-state index is -0.811. The molecule has 3 aliphatic rings. The summed E-state index contributed by atoms with van der Waals surface area (Å²) in [5, 5.41) is 6.09. The van der Waals surface area contributed by atoms with Crippen LogP contribution in [0.15, 0.2) is 115 Å². The largest absolute Gasteiger partial charge is 0.350 e. The number of nitrogens with two attached hydrogens (primary N) is 1. The zero-order chi connectivity index (χ0) is 41.6. The molecule has 13 heteroatoms. The predicted molar refractivity (Wildman–Crippen MR) is 230 cm³/mol. The van der Waals surface area contributed by atoms with Crippen molar-refractivity contribution < 1.29 is 19.2 Å². The lowest BCUT2D eigenvalue weighted by Gasteiger charge is -2.34. The number of amides is 5. The number of hydrogen-bond donors (Lipinski definition) is 4. The Bertz CT molecular complexity index is 2260. The van der Waals surface area contributed by atoms with E-state index >= 15 is 0 Å². The zero-order valence-corrected chi connectivity index (χ0v) is 34.0. The first-order chi connectivity index (χ1) is 29.2. The number of imidazole rings is 1. The van der Waals surface area contributed by atoms with Crippen molar-refractivity contribution in [3.63, 3.8) is 0 Å². The number of nitrogens with zero attached hydrogens (tertiary/aromatic N) is 5. The lowest BCUT2D eigenvalue weighted by atomic mass is 10.0. The van der Waals surface area contributed by atoms with Crippen LogP contribution in [-0.4, -0.2) is 112 Å². The number of carbonyl (C=O) groups excluding carboxylic acids is 4. The molecule has 0 bridgehead atoms. The SMILES string of the molecule is CN1CCN(C(=O)N[C@@H](C(=O)N2CCC[C@H]2c2ncc(-c3ccc(-c4ccc(C(=O)NC[C@@H]5CCCN5C(=O)[C@H](N)c5ccccc5)cc4)cc3)[nH]2)c2ccccc2)CC1. The Morgan fingerprint density at radius 3 is 2.00 bits per heavy atom. The van der Waals surface area contributed by atoms with Crippen LogP contribution in [0.3, 0.4) is 0 Å². The topological polar surface area (TPSA) is 160 Å². The molecule has 1 aromatic heterocycles. The molecule has 3 saturated heterocycles. The number of carbonyl (C=O) groups is 4. The summed E-state index contributed by atoms with van der Waals surface area (Å²) in [4.78, 5) is 69.9. The summed E-state index contributed by atoms with van der Waals surface area (Å²) >= 11 is 0. The molecular formula is C47H53N9O4. The summed E-state index contributed by atoms with van der Waals surface area (Å²) in [5.74, 6) is 0.264. The molecule has 0 aliphatic carbocycles. The van der Waals surface area contributed by atoms with Crippen molar-refractivity contribution in [2.45, 2.75) is 49.9 Å². The maximum Gasteiger partial charge on any atom is 0.318 e. The van der Waals surface area contributed by atoms with E-state index in [4.69, 9.17) is 10.7 Å². The van der Waals surface area contributed by atoms with Gasteiger partial charge >= 0.3 is 6.03 Å². The first kappa shape index (κ1) is 40.5. The number of aromatic nitrogens is 2. The van der Waals surface area contributed by atoms with Crippen molar-refractivity contribution in [2.24, 2.45) is 5.73 Å². The molecule has 8 rings (SSSR count). The molecule has 3 fully saturated rings. The van der Waals surface area contributed by atoms with Gasteiger partial charge < -0.3 is 41.0 Å². The smallest absolute Gasteiger partial charge is 0.318 e. The van der Waals surface area contributed by atoms with Crippen LogP contribution in [0.2, 0.25) is 0 Å². The summed E-state index contributed by atoms with van der Waals surface area (Å²) in [7, 11) is 2.04. The summed E-state index contributed by atoms with van der Waals surface area (Å²) in [6.45, 7) is 4.39. The van der Waals surface area contributed by atoms with Gasteiger partial charge in [-0.1, -0.05) is 97.1 Å². The highest BCUT2D eigenvalue weighted by atomic mass is 16.2. The highest BCUT2D eigenvalue weighted by Gasteiger charge is 2.38. The molecule has 4 heterocycles. The molecule has 4 atom stereocenters. The van der Waals surface area contributed by atoms with Crippen LogP contribution in [0, 0.1) is 0 Å². The standard InChI is InChI=1S/C47H53N9O4/c1-53-26-28-54(29-27-53)47(60)52-42(36-12-6-3-7-13-36)46(59)56-25-9-15-40(56)43-49-31-39(51-43)34-20-16-32(17-21-34)33-18-22-37(23-19-33)44(57)50-30-38-14-8-24-55(38)45(58)41(48)35-10-4-2-5-11-35/h2-7,10-13,16-23,31,38,40-42H,8-9,14-15,24-30,48H2,1H3,(H,49,51)(H,50,57)(H,52,60)/t38-,40-,41+,42+/m0/s1. The van der Waals surface area contributed by atoms with Crippen molar-refractivity contribution in [1.82, 2.24) is 40.2 Å². The van der Waals surface area contributed by atoms with Crippen LogP contribution in [0.5, 0.6) is 0 Å². The van der Waals surface area contributed by atoms with Crippen LogP contribution in [0.4, 0.5) is 4.79 Å². The summed E-state index contributed by atoms with van der Waals surface area (Å²) < 4.78 is 0. The van der Waals surface area contributed by atoms with Crippen molar-refractivity contribution in [1.29, 1.82) is 0 Å². The van der Waals surface area contributed by atoms with Crippen LogP contribution in [-0.2, 0) is 9.59 Å². The highest BCUT2D eigenvalue weighted by Crippen LogP contribution is 2.34. The van der Waals surface area contributed by atoms with Gasteiger partial charge in [0, 0.05) is 57.4 Å². The number of piperazine rings is 1. The number of likely N-dealkylation sites (tertiary alicyclic amines) is 2. The second kappa shape index (κ2) is 18.3. The fourth-order valence-corrected chi connectivity index (χ4v) is 8.58. The molecule has 0 spiro atoms. The van der Waals surface area contributed by atoms with E-state index in [-0.39, 0.29) is 35.8 Å². The molecule has 5 amide bonds. The second-order valence-electron chi connectivity index (χ2n) is 16.0. The number of rotatable bonds is 11. The van der Waals surface area contributed by atoms with Gasteiger partial charge in [-0.3, -0.25) is 14.4 Å². The third-order valence-corrected chi connectivity index (χ3v) is 12.1. The number of likely N-dealkylation sites (N-methyl/N-ethyl adjacent to an activating group) is 1. The average molecular weight is 808 g/mol. The number of benzene rings is 4. The molecule has 0 unspecified atom stereocenters. The van der Waals surface area contributed by atoms with Crippen molar-refractivity contribution in [3.05, 3.63) is 138 Å². The van der Waals surface area contributed by atoms with Gasteiger partial charge in [0.05, 0.1) is 17.9 Å². The summed E-state index contributed by atoms with van der Waals surface area (Å²) in [6.07, 6.45) is 5.09. The summed E-state index contributed by atoms with van der Waals surface area (Å²) in [6, 6.07) is 32.4. The van der Waals surface area contributed by atoms with E-state index in [9.17, 15) is 19.2 Å². The van der Waals surface area contributed by atoms with Crippen LogP contribution >= 0.6 is 0 Å². The van der Waals surface area contributed by atoms with E-state index < -0.39 is 12.1 Å². The van der Waals surface area contributed by atoms with E-state index in [2.05, 4.69) is 20.5 Å². The fraction of sp³-hybridized carbons (Fsp3) is 0.340. The van der Waals surface area contributed by atoms with E-state index in [1.165, 1.54) is 0 Å². The number of H-pyrrole nitrogens is 1. The van der Waals surface area contributed by atoms with Crippen molar-refractivity contribution >= 4 is 23.8 Å². The maximum absolute atomic E-state index is 14.3. The van der Waals surface area contributed by atoms with Crippen molar-refractivity contribution in [3.8, 4) is 22.4 Å². The third-order valence-electron chi connectivity index (χ3n) is 12.1. The Morgan fingerprint density at radius 2 is 1.32 bits per heavy atom. The van der Waals surface area contributed by atoms with E-state index in [1.54, 1.807) is 16.0 Å². The monoisotopic (exact) mass is 807 g/mol. The Kier molecular flexibility index (Phi) is 12.3. The van der Waals surface area contributed by atoms with Crippen molar-refractivity contribution in [2.75, 3.05) is 52.9 Å². The summed E-state index contributed by atoms with van der Waals surface area (Å²) in [5.41, 5.74) is 12.2. The maximum atomic E-state index is 14.3. The molecule has 4 aromatic carbocycles. The van der Waals surface area contributed by atoms with Crippen LogP contribution < -0.4 is 16.4 Å². The molecule has 0 radical (unpaired) electrons. The Morgan fingerprint density at radius 1 is 0.717 bits per heavy atom. The highest BCUT2D eigenvalue weighted by molar-refractivity contribution is 5.95. The first-order valence-electron chi connectivity index (χ1n) is 21.0. The van der Waals surface area contributed by atoms with E-state index in [0.717, 1.165) is 72.3 Å². The van der Waals surface area contributed by atoms with E-state index in [1.807, 2.05) is 121 Å². The molecule has 13 nitrogen and oxygen atoms in total. The van der Waals surface area contributed by atoms with Crippen LogP contribution in [0.25, 0.3) is 22.4 Å². The van der Waals surface area contributed by atoms with Gasteiger partial charge in [-0.05, 0) is 72.7 Å². The lowest BCUT2D eigenvalue weighted by molar-refractivity contribution is -0.135. The minimum Gasteiger partial charge on any atom is -0.350 e. The molecule has 5 N–H and O–H groups in total. The van der Waals surface area contributed by atoms with Gasteiger partial charge in [-0.25, -0.2) is 9.78 Å². The molecule has 310 valence electrons. The zero-order valence-electron chi connectivity index (χ0n) is 34.0. The van der Waals surface area contributed by atoms with Gasteiger partial charge in [-0.2, -0.15) is 0 Å². The predicted octanol–water partition coefficient (Wildman–Crippen LogP) is 5.53. The molecule has 60 heavy (non-hydrogen) atoms. The molecular weight excluding hydrogens is 755 g/mol. The fourth-order valence-electron chi connectivity index (χ4n) is 8.58. The Hall–Kier alpha value is -6.31. The second-order valence-corrected chi connectivity index (χ2v) is 16.0. The Balaban J connectivity index is 0.879. The average Bonchev–Trinajstić information content (AvgIpc) is 4.10. The molecule has 3 aliphatic heterocycles. The lowest BCUT2D eigenvalue weighted by Crippen LogP contribution is -2.53. The molecule has 5 aromatic rings. The van der Waals surface area contributed by atoms with Gasteiger partial charge in [0.25, 0.3) is 5.91 Å². The quantitative estimate of drug-likeness (QED) is 0.137.